The van der Waals surface area contributed by atoms with Gasteiger partial charge < -0.3 is 24.8 Å². The van der Waals surface area contributed by atoms with Gasteiger partial charge in [-0.1, -0.05) is 112 Å². The Morgan fingerprint density at radius 3 is 1.87 bits per heavy atom. The smallest absolute Gasteiger partial charge is 0.0276 e. The van der Waals surface area contributed by atoms with Crippen molar-refractivity contribution in [2.45, 2.75) is 60.6 Å². The third kappa shape index (κ3) is 9.04. The summed E-state index contributed by atoms with van der Waals surface area (Å²) in [6.07, 6.45) is 0. The van der Waals surface area contributed by atoms with Gasteiger partial charge in [-0.15, -0.1) is 68.6 Å². The summed E-state index contributed by atoms with van der Waals surface area (Å²) in [7, 11) is 0. The average molecular weight is 751 g/mol. The van der Waals surface area contributed by atoms with Crippen LogP contribution in [0.5, 0.6) is 0 Å². The second-order valence-electron chi connectivity index (χ2n) is 12.9. The number of benzene rings is 5. The maximum Gasteiger partial charge on any atom is -0.0276 e. The van der Waals surface area contributed by atoms with Gasteiger partial charge in [-0.25, -0.2) is 0 Å². The molecule has 0 amide bonds. The van der Waals surface area contributed by atoms with Crippen LogP contribution in [0.3, 0.4) is 0 Å². The van der Waals surface area contributed by atoms with E-state index in [1.807, 2.05) is 0 Å². The van der Waals surface area contributed by atoms with Crippen LogP contribution in [0.15, 0.2) is 115 Å². The van der Waals surface area contributed by atoms with Gasteiger partial charge in [0.25, 0.3) is 0 Å². The van der Waals surface area contributed by atoms with Crippen molar-refractivity contribution in [2.75, 3.05) is 0 Å². The van der Waals surface area contributed by atoms with E-state index >= 15 is 0 Å². The molecule has 0 N–H and O–H groups in total. The first-order chi connectivity index (χ1) is 21.5. The van der Waals surface area contributed by atoms with Crippen molar-refractivity contribution in [3.05, 3.63) is 143 Å². The van der Waals surface area contributed by atoms with Crippen molar-refractivity contribution in [3.63, 3.8) is 0 Å². The van der Waals surface area contributed by atoms with Crippen LogP contribution >= 0.6 is 0 Å². The first-order valence-electron chi connectivity index (χ1n) is 16.0. The number of aryl methyl sites for hydroxylation is 4. The van der Waals surface area contributed by atoms with Crippen LogP contribution in [-0.2, 0) is 23.3 Å². The maximum atomic E-state index is 2.36. The molecule has 240 valence electrons. The minimum absolute atomic E-state index is 0. The fraction of sp³-hybridized carbons (Fsp3) is 0.209. The van der Waals surface area contributed by atoms with Crippen molar-refractivity contribution >= 4 is 37.8 Å². The molecule has 0 fully saturated rings. The number of rotatable bonds is 3. The first-order valence-corrected chi connectivity index (χ1v) is 22.2. The Labute approximate surface area is 309 Å². The summed E-state index contributed by atoms with van der Waals surface area (Å²) in [6.45, 7) is 17.8. The van der Waals surface area contributed by atoms with Crippen LogP contribution in [0.4, 0.5) is 0 Å². The summed E-state index contributed by atoms with van der Waals surface area (Å²) < 4.78 is 0. The summed E-state index contributed by atoms with van der Waals surface area (Å²) in [5, 5.41) is 8.09. The van der Waals surface area contributed by atoms with E-state index < -0.39 is 0 Å². The van der Waals surface area contributed by atoms with Gasteiger partial charge in [0, 0.05) is 0 Å². The van der Waals surface area contributed by atoms with Crippen molar-refractivity contribution in [2.24, 2.45) is 0 Å². The van der Waals surface area contributed by atoms with Crippen molar-refractivity contribution in [1.82, 2.24) is 0 Å². The molecular weight excluding hydrogens is 707 g/mol. The molecule has 0 saturated carbocycles. The van der Waals surface area contributed by atoms with Gasteiger partial charge in [-0.2, -0.15) is 12.1 Å². The molecule has 0 saturated heterocycles. The molecule has 0 radical (unpaired) electrons. The molecule has 4 heteroatoms. The molecule has 0 aromatic heterocycles. The predicted molar refractivity (Wildman–Crippen MR) is 198 cm³/mol. The van der Waals surface area contributed by atoms with Crippen LogP contribution in [0.2, 0.25) is 13.1 Å². The van der Waals surface area contributed by atoms with E-state index in [4.69, 9.17) is 0 Å². The Hall–Kier alpha value is -2.74. The molecule has 0 atom stereocenters. The predicted octanol–water partition coefficient (Wildman–Crippen LogP) is 6.75. The van der Waals surface area contributed by atoms with Crippen LogP contribution in [0.25, 0.3) is 54.6 Å². The Kier molecular flexibility index (Phi) is 14.1. The molecule has 7 rings (SSSR count). The van der Waals surface area contributed by atoms with E-state index in [2.05, 4.69) is 170 Å². The average Bonchev–Trinajstić information content (AvgIpc) is 3.63. The fourth-order valence-corrected chi connectivity index (χ4v) is 6.04. The molecule has 0 unspecified atom stereocenters. The SMILES string of the molecule is CC(C)c1cc2c(-c3cccc4ccccc34)cccc2[cH-]1.C[Si](C)=[Zr+2].Cc1cc2c(-c3ccc(C)c(C)c3)ccc(C)c2[cH-]1.[Cl-].[Cl-]. The van der Waals surface area contributed by atoms with E-state index in [9.17, 15) is 0 Å². The Morgan fingerprint density at radius 1 is 0.574 bits per heavy atom. The minimum Gasteiger partial charge on any atom is -1.00 e. The van der Waals surface area contributed by atoms with Gasteiger partial charge in [-0.3, -0.25) is 0 Å². The summed E-state index contributed by atoms with van der Waals surface area (Å²) in [5.41, 5.74) is 12.4. The van der Waals surface area contributed by atoms with Gasteiger partial charge >= 0.3 is 41.9 Å². The second kappa shape index (κ2) is 17.1. The van der Waals surface area contributed by atoms with E-state index in [-0.39, 0.29) is 30.2 Å². The number of hydrogen-bond acceptors (Lipinski definition) is 0. The van der Waals surface area contributed by atoms with Crippen LogP contribution < -0.4 is 24.8 Å². The standard InChI is InChI=1S/C22H19.C19H19.C2H6Si.2ClH.Zr/c1-15(2)18-13-17-9-6-12-21(22(17)14-18)20-11-5-8-16-7-3-4-10-19(16)20;1-12-9-18-14(3)6-8-17(19(18)10-12)16-7-5-13(2)15(4)11-16;1-3-2;;;/h3-15H,1-2H3;5-11H,1-4H3;1-2H3;2*1H;/q2*-1;;;;+2/p-2. The van der Waals surface area contributed by atoms with E-state index in [1.165, 1.54) is 82.4 Å². The van der Waals surface area contributed by atoms with E-state index in [1.54, 1.807) is 23.3 Å². The second-order valence-corrected chi connectivity index (χ2v) is 22.2. The maximum absolute atomic E-state index is 2.36. The molecule has 0 aliphatic carbocycles. The minimum atomic E-state index is 0. The van der Waals surface area contributed by atoms with Crippen molar-refractivity contribution in [1.29, 1.82) is 0 Å². The largest absolute Gasteiger partial charge is 1.00 e. The Morgan fingerprint density at radius 2 is 1.19 bits per heavy atom. The quantitative estimate of drug-likeness (QED) is 0.139. The zero-order valence-corrected chi connectivity index (χ0v) is 33.8. The summed E-state index contributed by atoms with van der Waals surface area (Å²) in [6, 6.07) is 42.3. The molecular formula is C43H44Cl2SiZr-2. The molecule has 0 nitrogen and oxygen atoms in total. The fourth-order valence-electron chi connectivity index (χ4n) is 6.04. The third-order valence-electron chi connectivity index (χ3n) is 8.59. The molecule has 7 aromatic rings. The van der Waals surface area contributed by atoms with Gasteiger partial charge in [0.1, 0.15) is 0 Å². The summed E-state index contributed by atoms with van der Waals surface area (Å²) in [4.78, 5) is 0. The van der Waals surface area contributed by atoms with Crippen LogP contribution in [0.1, 0.15) is 47.6 Å². The Balaban J connectivity index is 0.000000223. The molecule has 7 aromatic carbocycles. The molecule has 0 heterocycles. The van der Waals surface area contributed by atoms with Crippen molar-refractivity contribution in [3.8, 4) is 22.3 Å². The zero-order valence-electron chi connectivity index (χ0n) is 28.8. The summed E-state index contributed by atoms with van der Waals surface area (Å²) >= 11 is 1.74. The monoisotopic (exact) mass is 748 g/mol. The molecule has 0 aliphatic heterocycles. The number of fused-ring (bicyclic) bond motifs is 3. The topological polar surface area (TPSA) is 0 Å². The molecule has 0 bridgehead atoms. The molecule has 0 spiro atoms. The van der Waals surface area contributed by atoms with Crippen LogP contribution in [0, 0.1) is 27.7 Å². The number of hydrogen-bond donors (Lipinski definition) is 0. The number of halogens is 2. The zero-order chi connectivity index (χ0) is 32.2. The van der Waals surface area contributed by atoms with Crippen LogP contribution in [-0.4, -0.2) is 5.43 Å². The van der Waals surface area contributed by atoms with Gasteiger partial charge in [0.05, 0.1) is 0 Å². The van der Waals surface area contributed by atoms with Gasteiger partial charge in [0.15, 0.2) is 0 Å². The summed E-state index contributed by atoms with van der Waals surface area (Å²) in [5.74, 6) is 0.563. The third-order valence-corrected chi connectivity index (χ3v) is 8.59. The normalized spacial score (nSPS) is 10.5. The molecule has 0 aliphatic rings. The van der Waals surface area contributed by atoms with Crippen molar-refractivity contribution < 1.29 is 48.1 Å². The molecule has 47 heavy (non-hydrogen) atoms. The van der Waals surface area contributed by atoms with E-state index in [0.29, 0.717) is 5.92 Å². The Bertz CT molecular complexity index is 2120. The first kappa shape index (κ1) is 38.7. The van der Waals surface area contributed by atoms with E-state index in [0.717, 1.165) is 0 Å². The van der Waals surface area contributed by atoms with Gasteiger partial charge in [0.2, 0.25) is 0 Å². The van der Waals surface area contributed by atoms with Gasteiger partial charge in [-0.05, 0) is 52.8 Å².